The Bertz CT molecular complexity index is 507. The number of nitrogens with zero attached hydrogens (tertiary/aromatic N) is 1. The van der Waals surface area contributed by atoms with Crippen molar-refractivity contribution in [2.75, 3.05) is 13.1 Å². The summed E-state index contributed by atoms with van der Waals surface area (Å²) in [5.74, 6) is -1.04. The van der Waals surface area contributed by atoms with Gasteiger partial charge in [-0.05, 0) is 40.0 Å². The fourth-order valence-corrected chi connectivity index (χ4v) is 3.95. The van der Waals surface area contributed by atoms with Crippen LogP contribution in [0.25, 0.3) is 0 Å². The minimum absolute atomic E-state index is 0.0270. The summed E-state index contributed by atoms with van der Waals surface area (Å²) in [4.78, 5) is 25.2. The lowest BCUT2D eigenvalue weighted by Crippen LogP contribution is -2.75. The van der Waals surface area contributed by atoms with Crippen LogP contribution < -0.4 is 0 Å². The van der Waals surface area contributed by atoms with Crippen LogP contribution in [0.3, 0.4) is 0 Å². The van der Waals surface area contributed by atoms with E-state index >= 15 is 0 Å². The van der Waals surface area contributed by atoms with Gasteiger partial charge in [-0.1, -0.05) is 0 Å². The molecule has 0 saturated carbocycles. The van der Waals surface area contributed by atoms with Gasteiger partial charge in [-0.3, -0.25) is 4.79 Å². The number of carbonyl (C=O) groups excluding carboxylic acids is 1. The van der Waals surface area contributed by atoms with Gasteiger partial charge < -0.3 is 24.6 Å². The highest BCUT2D eigenvalue weighted by Crippen LogP contribution is 2.56. The number of β-amino-alcohol motifs (C(OH)–C–C–N with tert-alkyl or cyclic N) is 1. The van der Waals surface area contributed by atoms with Crippen LogP contribution in [0, 0.1) is 5.41 Å². The molecule has 2 bridgehead atoms. The Labute approximate surface area is 129 Å². The van der Waals surface area contributed by atoms with Gasteiger partial charge in [0.2, 0.25) is 0 Å². The molecule has 0 spiro atoms. The number of amides is 1. The Kier molecular flexibility index (Phi) is 3.24. The van der Waals surface area contributed by atoms with Crippen molar-refractivity contribution < 1.29 is 29.3 Å². The highest BCUT2D eigenvalue weighted by Gasteiger charge is 2.71. The first-order valence-electron chi connectivity index (χ1n) is 7.67. The zero-order valence-corrected chi connectivity index (χ0v) is 13.2. The summed E-state index contributed by atoms with van der Waals surface area (Å²) in [6.07, 6.45) is 0.700. The monoisotopic (exact) mass is 313 g/mol. The number of carboxylic acid groups (broad SMARTS) is 1. The lowest BCUT2D eigenvalue weighted by molar-refractivity contribution is -0.208. The van der Waals surface area contributed by atoms with E-state index in [2.05, 4.69) is 0 Å². The quantitative estimate of drug-likeness (QED) is 0.789. The van der Waals surface area contributed by atoms with Crippen LogP contribution in [-0.2, 0) is 14.3 Å². The predicted molar refractivity (Wildman–Crippen MR) is 75.3 cm³/mol. The van der Waals surface area contributed by atoms with E-state index in [-0.39, 0.29) is 19.2 Å². The second-order valence-corrected chi connectivity index (χ2v) is 7.67. The summed E-state index contributed by atoms with van der Waals surface area (Å²) in [6, 6.07) is 0. The molecule has 124 valence electrons. The van der Waals surface area contributed by atoms with E-state index < -0.39 is 34.8 Å². The van der Waals surface area contributed by atoms with Crippen LogP contribution in [0.4, 0.5) is 4.79 Å². The minimum Gasteiger partial charge on any atom is -0.481 e. The van der Waals surface area contributed by atoms with Gasteiger partial charge in [0.1, 0.15) is 16.6 Å². The first kappa shape index (κ1) is 15.6. The lowest BCUT2D eigenvalue weighted by Gasteiger charge is -2.55. The Morgan fingerprint density at radius 2 is 1.91 bits per heavy atom. The van der Waals surface area contributed by atoms with Crippen molar-refractivity contribution in [2.24, 2.45) is 5.41 Å². The van der Waals surface area contributed by atoms with Gasteiger partial charge in [-0.25, -0.2) is 4.79 Å². The summed E-state index contributed by atoms with van der Waals surface area (Å²) >= 11 is 0. The van der Waals surface area contributed by atoms with Gasteiger partial charge >= 0.3 is 12.1 Å². The lowest BCUT2D eigenvalue weighted by atomic mass is 9.60. The zero-order valence-electron chi connectivity index (χ0n) is 13.2. The van der Waals surface area contributed by atoms with E-state index in [4.69, 9.17) is 9.47 Å². The molecule has 0 aromatic rings. The van der Waals surface area contributed by atoms with Gasteiger partial charge in [-0.2, -0.15) is 0 Å². The number of carbonyl (C=O) groups is 2. The van der Waals surface area contributed by atoms with Crippen LogP contribution in [0.5, 0.6) is 0 Å². The van der Waals surface area contributed by atoms with E-state index in [0.717, 1.165) is 6.42 Å². The molecule has 3 heterocycles. The van der Waals surface area contributed by atoms with Crippen LogP contribution in [0.1, 0.15) is 40.0 Å². The largest absolute Gasteiger partial charge is 0.481 e. The van der Waals surface area contributed by atoms with E-state index in [9.17, 15) is 19.8 Å². The number of ether oxygens (including phenoxy) is 2. The molecule has 0 aliphatic carbocycles. The third-order valence-corrected chi connectivity index (χ3v) is 4.98. The van der Waals surface area contributed by atoms with Crippen LogP contribution in [0.2, 0.25) is 0 Å². The number of fused-ring (bicyclic) bond motifs is 2. The molecule has 3 aliphatic heterocycles. The van der Waals surface area contributed by atoms with Gasteiger partial charge in [0.05, 0.1) is 25.3 Å². The van der Waals surface area contributed by atoms with Gasteiger partial charge in [-0.15, -0.1) is 0 Å². The highest BCUT2D eigenvalue weighted by atomic mass is 16.6. The van der Waals surface area contributed by atoms with Gasteiger partial charge in [0.15, 0.2) is 0 Å². The maximum Gasteiger partial charge on any atom is 0.410 e. The number of aliphatic carboxylic acids is 1. The van der Waals surface area contributed by atoms with Crippen LogP contribution in [0.15, 0.2) is 0 Å². The molecule has 3 unspecified atom stereocenters. The van der Waals surface area contributed by atoms with E-state index in [1.807, 2.05) is 0 Å². The van der Waals surface area contributed by atoms with E-state index in [0.29, 0.717) is 12.8 Å². The zero-order chi connectivity index (χ0) is 16.3. The molecule has 3 fully saturated rings. The second kappa shape index (κ2) is 4.58. The summed E-state index contributed by atoms with van der Waals surface area (Å²) in [5, 5.41) is 20.6. The molecule has 0 aromatic heterocycles. The van der Waals surface area contributed by atoms with Crippen molar-refractivity contribution in [1.82, 2.24) is 4.90 Å². The highest BCUT2D eigenvalue weighted by molar-refractivity contribution is 5.80. The standard InChI is InChI=1S/C15H23NO6/c1-13(2,3)22-12(19)16-7-14(20,8-16)15(11(17)18)6-9-4-5-10(15)21-9/h9-10,20H,4-8H2,1-3H3,(H,17,18). The molecule has 3 saturated heterocycles. The first-order valence-corrected chi connectivity index (χ1v) is 7.67. The van der Waals surface area contributed by atoms with Crippen molar-refractivity contribution >= 4 is 12.1 Å². The molecule has 0 radical (unpaired) electrons. The molecule has 22 heavy (non-hydrogen) atoms. The average molecular weight is 313 g/mol. The van der Waals surface area contributed by atoms with Crippen molar-refractivity contribution in [3.8, 4) is 0 Å². The minimum atomic E-state index is -1.45. The fraction of sp³-hybridized carbons (Fsp3) is 0.867. The molecular formula is C15H23NO6. The van der Waals surface area contributed by atoms with Gasteiger partial charge in [0.25, 0.3) is 0 Å². The molecule has 7 heteroatoms. The van der Waals surface area contributed by atoms with E-state index in [1.165, 1.54) is 4.90 Å². The molecule has 3 atom stereocenters. The average Bonchev–Trinajstić information content (AvgIpc) is 2.93. The number of hydrogen-bond donors (Lipinski definition) is 2. The predicted octanol–water partition coefficient (Wildman–Crippen LogP) is 0.990. The smallest absolute Gasteiger partial charge is 0.410 e. The molecule has 3 aliphatic rings. The van der Waals surface area contributed by atoms with Crippen molar-refractivity contribution in [3.63, 3.8) is 0 Å². The Morgan fingerprint density at radius 3 is 2.32 bits per heavy atom. The number of carboxylic acids is 1. The number of hydrogen-bond acceptors (Lipinski definition) is 5. The summed E-state index contributed by atoms with van der Waals surface area (Å²) in [5.41, 5.74) is -3.38. The second-order valence-electron chi connectivity index (χ2n) is 7.67. The van der Waals surface area contributed by atoms with Gasteiger partial charge in [0, 0.05) is 0 Å². The van der Waals surface area contributed by atoms with Crippen molar-refractivity contribution in [2.45, 2.75) is 63.4 Å². The Balaban J connectivity index is 1.73. The Morgan fingerprint density at radius 1 is 1.27 bits per heavy atom. The van der Waals surface area contributed by atoms with Crippen LogP contribution in [-0.4, -0.2) is 63.7 Å². The van der Waals surface area contributed by atoms with E-state index in [1.54, 1.807) is 20.8 Å². The number of likely N-dealkylation sites (tertiary alicyclic amines) is 1. The third-order valence-electron chi connectivity index (χ3n) is 4.98. The number of aliphatic hydroxyl groups is 1. The first-order chi connectivity index (χ1) is 10.1. The summed E-state index contributed by atoms with van der Waals surface area (Å²) in [7, 11) is 0. The van der Waals surface area contributed by atoms with Crippen molar-refractivity contribution in [3.05, 3.63) is 0 Å². The number of rotatable bonds is 2. The molecular weight excluding hydrogens is 290 g/mol. The maximum atomic E-state index is 12.0. The maximum absolute atomic E-state index is 12.0. The normalized spacial score (nSPS) is 36.1. The van der Waals surface area contributed by atoms with Crippen LogP contribution >= 0.6 is 0 Å². The molecule has 0 aromatic carbocycles. The summed E-state index contributed by atoms with van der Waals surface area (Å²) in [6.45, 7) is 5.24. The SMILES string of the molecule is CC(C)(C)OC(=O)N1CC(O)(C2(C(=O)O)CC3CCC2O3)C1. The summed E-state index contributed by atoms with van der Waals surface area (Å²) < 4.78 is 10.9. The Hall–Kier alpha value is -1.34. The molecule has 2 N–H and O–H groups in total. The molecule has 1 amide bonds. The third kappa shape index (κ3) is 2.10. The molecule has 3 rings (SSSR count). The van der Waals surface area contributed by atoms with Crippen molar-refractivity contribution in [1.29, 1.82) is 0 Å². The fourth-order valence-electron chi connectivity index (χ4n) is 3.95. The topological polar surface area (TPSA) is 96.3 Å². The molecule has 7 nitrogen and oxygen atoms in total.